The summed E-state index contributed by atoms with van der Waals surface area (Å²) in [6.07, 6.45) is 0. The maximum absolute atomic E-state index is 12.7. The highest BCUT2D eigenvalue weighted by atomic mass is 16.5. The highest BCUT2D eigenvalue weighted by molar-refractivity contribution is 6.38. The second-order valence-electron chi connectivity index (χ2n) is 4.96. The van der Waals surface area contributed by atoms with E-state index in [4.69, 9.17) is 0 Å². The Kier molecular flexibility index (Phi) is 3.54. The van der Waals surface area contributed by atoms with E-state index in [-0.39, 0.29) is 28.0 Å². The van der Waals surface area contributed by atoms with Crippen LogP contribution in [0.2, 0.25) is 0 Å². The molecule has 0 atom stereocenters. The van der Waals surface area contributed by atoms with Crippen molar-refractivity contribution < 1.29 is 24.2 Å². The van der Waals surface area contributed by atoms with E-state index in [2.05, 4.69) is 4.74 Å². The van der Waals surface area contributed by atoms with Crippen LogP contribution in [0.4, 0.5) is 0 Å². The number of rotatable bonds is 3. The second-order valence-corrected chi connectivity index (χ2v) is 4.96. The molecule has 0 saturated heterocycles. The van der Waals surface area contributed by atoms with Gasteiger partial charge in [-0.05, 0) is 6.07 Å². The van der Waals surface area contributed by atoms with Crippen LogP contribution in [0.1, 0.15) is 36.6 Å². The van der Waals surface area contributed by atoms with Gasteiger partial charge in [0, 0.05) is 16.7 Å². The SMILES string of the molecule is COC(=O)c1ccccc1C(=O)C1=C(O)c2ccccc2C1=O. The molecule has 114 valence electrons. The summed E-state index contributed by atoms with van der Waals surface area (Å²) in [5.74, 6) is -2.31. The molecule has 0 heterocycles. The van der Waals surface area contributed by atoms with Gasteiger partial charge in [0.05, 0.1) is 12.7 Å². The summed E-state index contributed by atoms with van der Waals surface area (Å²) in [4.78, 5) is 36.9. The molecule has 3 rings (SSSR count). The number of fused-ring (bicyclic) bond motifs is 1. The van der Waals surface area contributed by atoms with E-state index in [0.717, 1.165) is 0 Å². The molecule has 0 saturated carbocycles. The maximum atomic E-state index is 12.7. The van der Waals surface area contributed by atoms with E-state index in [1.807, 2.05) is 0 Å². The van der Waals surface area contributed by atoms with Crippen LogP contribution >= 0.6 is 0 Å². The Bertz CT molecular complexity index is 876. The fourth-order valence-electron chi connectivity index (χ4n) is 2.58. The minimum Gasteiger partial charge on any atom is -0.506 e. The van der Waals surface area contributed by atoms with Gasteiger partial charge in [-0.2, -0.15) is 0 Å². The van der Waals surface area contributed by atoms with Gasteiger partial charge in [0.15, 0.2) is 0 Å². The Balaban J connectivity index is 2.12. The third-order valence-electron chi connectivity index (χ3n) is 3.69. The van der Waals surface area contributed by atoms with Gasteiger partial charge >= 0.3 is 5.97 Å². The Morgan fingerprint density at radius 1 is 0.913 bits per heavy atom. The van der Waals surface area contributed by atoms with Crippen LogP contribution < -0.4 is 0 Å². The number of carbonyl (C=O) groups is 3. The van der Waals surface area contributed by atoms with Crippen LogP contribution in [-0.4, -0.2) is 29.8 Å². The Morgan fingerprint density at radius 3 is 2.09 bits per heavy atom. The molecule has 0 amide bonds. The van der Waals surface area contributed by atoms with Crippen LogP contribution in [0, 0.1) is 0 Å². The lowest BCUT2D eigenvalue weighted by atomic mass is 9.96. The standard InChI is InChI=1S/C18H12O5/c1-23-18(22)13-9-5-4-8-12(13)17(21)14-15(19)10-6-2-3-7-11(10)16(14)20/h2-9,19H,1H3. The molecule has 0 fully saturated rings. The van der Waals surface area contributed by atoms with Crippen molar-refractivity contribution in [2.24, 2.45) is 0 Å². The van der Waals surface area contributed by atoms with Gasteiger partial charge in [-0.15, -0.1) is 0 Å². The largest absolute Gasteiger partial charge is 0.506 e. The number of carbonyl (C=O) groups excluding carboxylic acids is 3. The molecule has 0 bridgehead atoms. The summed E-state index contributed by atoms with van der Waals surface area (Å²) in [5, 5.41) is 10.3. The second kappa shape index (κ2) is 5.53. The van der Waals surface area contributed by atoms with Gasteiger partial charge in [0.25, 0.3) is 0 Å². The van der Waals surface area contributed by atoms with Crippen molar-refractivity contribution in [1.29, 1.82) is 0 Å². The number of ketones is 2. The smallest absolute Gasteiger partial charge is 0.338 e. The van der Waals surface area contributed by atoms with Crippen molar-refractivity contribution in [2.45, 2.75) is 0 Å². The molecule has 2 aromatic rings. The first kappa shape index (κ1) is 14.7. The minimum absolute atomic E-state index is 0.0158. The molecular weight excluding hydrogens is 296 g/mol. The molecule has 2 aromatic carbocycles. The van der Waals surface area contributed by atoms with Gasteiger partial charge in [-0.25, -0.2) is 4.79 Å². The molecule has 23 heavy (non-hydrogen) atoms. The number of allylic oxidation sites excluding steroid dienone is 1. The van der Waals surface area contributed by atoms with Gasteiger partial charge in [0.2, 0.25) is 11.6 Å². The van der Waals surface area contributed by atoms with Crippen molar-refractivity contribution in [3.05, 3.63) is 76.4 Å². The number of Topliss-reactive ketones (excluding diaryl/α,β-unsaturated/α-hetero) is 2. The van der Waals surface area contributed by atoms with Crippen LogP contribution in [-0.2, 0) is 4.74 Å². The van der Waals surface area contributed by atoms with Crippen LogP contribution in [0.25, 0.3) is 5.76 Å². The molecular formula is C18H12O5. The maximum Gasteiger partial charge on any atom is 0.338 e. The van der Waals surface area contributed by atoms with Gasteiger partial charge in [-0.1, -0.05) is 42.5 Å². The zero-order chi connectivity index (χ0) is 16.6. The molecule has 5 nitrogen and oxygen atoms in total. The molecule has 0 spiro atoms. The Morgan fingerprint density at radius 2 is 1.48 bits per heavy atom. The molecule has 0 unspecified atom stereocenters. The number of hydrogen-bond donors (Lipinski definition) is 1. The Labute approximate surface area is 131 Å². The normalized spacial score (nSPS) is 13.0. The molecule has 1 N–H and O–H groups in total. The fraction of sp³-hybridized carbons (Fsp3) is 0.0556. The average molecular weight is 308 g/mol. The first-order valence-corrected chi connectivity index (χ1v) is 6.85. The van der Waals surface area contributed by atoms with E-state index in [9.17, 15) is 19.5 Å². The lowest BCUT2D eigenvalue weighted by Crippen LogP contribution is -2.16. The van der Waals surface area contributed by atoms with Gasteiger partial charge in [-0.3, -0.25) is 9.59 Å². The minimum atomic E-state index is -0.704. The highest BCUT2D eigenvalue weighted by Gasteiger charge is 2.35. The van der Waals surface area contributed by atoms with Crippen molar-refractivity contribution >= 4 is 23.3 Å². The third kappa shape index (κ3) is 2.23. The van der Waals surface area contributed by atoms with E-state index < -0.39 is 17.5 Å². The van der Waals surface area contributed by atoms with E-state index in [0.29, 0.717) is 5.56 Å². The Hall–Kier alpha value is -3.21. The predicted molar refractivity (Wildman–Crippen MR) is 82.4 cm³/mol. The summed E-state index contributed by atoms with van der Waals surface area (Å²) in [6, 6.07) is 12.4. The summed E-state index contributed by atoms with van der Waals surface area (Å²) >= 11 is 0. The third-order valence-corrected chi connectivity index (χ3v) is 3.69. The van der Waals surface area contributed by atoms with E-state index in [1.54, 1.807) is 36.4 Å². The molecule has 5 heteroatoms. The van der Waals surface area contributed by atoms with E-state index in [1.165, 1.54) is 19.2 Å². The lowest BCUT2D eigenvalue weighted by Gasteiger charge is -2.07. The van der Waals surface area contributed by atoms with Crippen LogP contribution in [0.3, 0.4) is 0 Å². The molecule has 0 radical (unpaired) electrons. The van der Waals surface area contributed by atoms with Crippen molar-refractivity contribution in [3.8, 4) is 0 Å². The summed E-state index contributed by atoms with van der Waals surface area (Å²) in [6.45, 7) is 0. The summed E-state index contributed by atoms with van der Waals surface area (Å²) in [5.41, 5.74) is 0.314. The molecule has 1 aliphatic rings. The van der Waals surface area contributed by atoms with Crippen molar-refractivity contribution in [2.75, 3.05) is 7.11 Å². The molecule has 1 aliphatic carbocycles. The number of hydrogen-bond acceptors (Lipinski definition) is 5. The lowest BCUT2D eigenvalue weighted by molar-refractivity contribution is 0.0597. The van der Waals surface area contributed by atoms with Gasteiger partial charge < -0.3 is 9.84 Å². The quantitative estimate of drug-likeness (QED) is 0.536. The van der Waals surface area contributed by atoms with Crippen LogP contribution in [0.15, 0.2) is 54.1 Å². The summed E-state index contributed by atoms with van der Waals surface area (Å²) in [7, 11) is 1.21. The van der Waals surface area contributed by atoms with Gasteiger partial charge in [0.1, 0.15) is 11.3 Å². The number of methoxy groups -OCH3 is 1. The van der Waals surface area contributed by atoms with E-state index >= 15 is 0 Å². The number of aliphatic hydroxyl groups excluding tert-OH is 1. The number of ether oxygens (including phenoxy) is 1. The molecule has 0 aromatic heterocycles. The topological polar surface area (TPSA) is 80.7 Å². The molecule has 0 aliphatic heterocycles. The highest BCUT2D eigenvalue weighted by Crippen LogP contribution is 2.33. The first-order valence-electron chi connectivity index (χ1n) is 6.85. The monoisotopic (exact) mass is 308 g/mol. The van der Waals surface area contributed by atoms with Crippen molar-refractivity contribution in [1.82, 2.24) is 0 Å². The number of aliphatic hydroxyl groups is 1. The number of benzene rings is 2. The first-order chi connectivity index (χ1) is 11.1. The van der Waals surface area contributed by atoms with Crippen molar-refractivity contribution in [3.63, 3.8) is 0 Å². The fourth-order valence-corrected chi connectivity index (χ4v) is 2.58. The zero-order valence-corrected chi connectivity index (χ0v) is 12.2. The average Bonchev–Trinajstić information content (AvgIpc) is 2.85. The van der Waals surface area contributed by atoms with Crippen LogP contribution in [0.5, 0.6) is 0 Å². The number of esters is 1. The zero-order valence-electron chi connectivity index (χ0n) is 12.2. The predicted octanol–water partition coefficient (Wildman–Crippen LogP) is 2.82. The summed E-state index contributed by atoms with van der Waals surface area (Å²) < 4.78 is 4.65.